The van der Waals surface area contributed by atoms with E-state index in [9.17, 15) is 19.2 Å². The van der Waals surface area contributed by atoms with Crippen molar-refractivity contribution in [1.82, 2.24) is 0 Å². The van der Waals surface area contributed by atoms with Crippen molar-refractivity contribution in [2.24, 2.45) is 0 Å². The van der Waals surface area contributed by atoms with Gasteiger partial charge in [-0.3, -0.25) is 14.4 Å². The monoisotopic (exact) mass is 410 g/mol. The molecule has 1 aliphatic rings. The van der Waals surface area contributed by atoms with Gasteiger partial charge < -0.3 is 4.74 Å². The highest BCUT2D eigenvalue weighted by atomic mass is 35.5. The van der Waals surface area contributed by atoms with Gasteiger partial charge in [-0.15, -0.1) is 11.3 Å². The van der Waals surface area contributed by atoms with Crippen LogP contribution in [-0.2, 0) is 4.74 Å². The molecule has 5 nitrogen and oxygen atoms in total. The number of esters is 1. The van der Waals surface area contributed by atoms with Gasteiger partial charge in [0.25, 0.3) is 0 Å². The molecule has 2 aromatic carbocycles. The number of carbonyl (C=O) groups is 4. The summed E-state index contributed by atoms with van der Waals surface area (Å²) < 4.78 is 5.05. The number of benzene rings is 2. The molecule has 0 amide bonds. The quantitative estimate of drug-likeness (QED) is 0.372. The molecule has 0 fully saturated rings. The summed E-state index contributed by atoms with van der Waals surface area (Å²) in [5.41, 5.74) is 0.581. The zero-order valence-corrected chi connectivity index (χ0v) is 15.8. The maximum atomic E-state index is 12.8. The van der Waals surface area contributed by atoms with E-state index in [0.717, 1.165) is 0 Å². The third-order valence-corrected chi connectivity index (χ3v) is 5.68. The predicted octanol–water partition coefficient (Wildman–Crippen LogP) is 4.22. The summed E-state index contributed by atoms with van der Waals surface area (Å²) >= 11 is 7.55. The summed E-state index contributed by atoms with van der Waals surface area (Å²) in [5, 5.41) is 1.59. The van der Waals surface area contributed by atoms with E-state index in [-0.39, 0.29) is 38.8 Å². The standard InChI is InChI=1S/C21H11ClO5S/c22-18-14(21(26)27-10-15(23)16-6-3-9-28-16)8-7-13-17(18)20(25)12-5-2-1-4-11(12)19(13)24/h1-9H,10H2. The summed E-state index contributed by atoms with van der Waals surface area (Å²) in [7, 11) is 0. The van der Waals surface area contributed by atoms with Crippen LogP contribution in [0.1, 0.15) is 51.9 Å². The van der Waals surface area contributed by atoms with Crippen LogP contribution < -0.4 is 0 Å². The lowest BCUT2D eigenvalue weighted by atomic mass is 9.83. The van der Waals surface area contributed by atoms with E-state index in [1.165, 1.54) is 23.5 Å². The molecule has 1 heterocycles. The molecule has 0 aliphatic heterocycles. The number of ether oxygens (including phenoxy) is 1. The van der Waals surface area contributed by atoms with Gasteiger partial charge in [-0.2, -0.15) is 0 Å². The summed E-state index contributed by atoms with van der Waals surface area (Å²) in [5.74, 6) is -1.94. The zero-order chi connectivity index (χ0) is 19.8. The van der Waals surface area contributed by atoms with Crippen LogP contribution in [0.3, 0.4) is 0 Å². The van der Waals surface area contributed by atoms with Crippen LogP contribution in [0.4, 0.5) is 0 Å². The SMILES string of the molecule is O=C(COC(=O)c1ccc2c(c1Cl)C(=O)c1ccccc1C2=O)c1cccs1. The Balaban J connectivity index is 1.64. The fourth-order valence-electron chi connectivity index (χ4n) is 3.02. The Labute approximate surface area is 168 Å². The number of rotatable bonds is 4. The van der Waals surface area contributed by atoms with E-state index in [2.05, 4.69) is 0 Å². The summed E-state index contributed by atoms with van der Waals surface area (Å²) in [6.45, 7) is -0.442. The molecule has 28 heavy (non-hydrogen) atoms. The Morgan fingerprint density at radius 3 is 2.29 bits per heavy atom. The first-order valence-corrected chi connectivity index (χ1v) is 9.49. The third kappa shape index (κ3) is 2.96. The molecule has 0 spiro atoms. The van der Waals surface area contributed by atoms with Crippen molar-refractivity contribution < 1.29 is 23.9 Å². The van der Waals surface area contributed by atoms with Crippen LogP contribution in [-0.4, -0.2) is 29.9 Å². The van der Waals surface area contributed by atoms with Gasteiger partial charge in [0.1, 0.15) is 0 Å². The summed E-state index contributed by atoms with van der Waals surface area (Å²) in [6, 6.07) is 12.5. The number of halogens is 1. The Morgan fingerprint density at radius 1 is 0.893 bits per heavy atom. The molecule has 0 radical (unpaired) electrons. The second-order valence-corrected chi connectivity index (χ2v) is 7.36. The van der Waals surface area contributed by atoms with Crippen LogP contribution in [0, 0.1) is 0 Å². The van der Waals surface area contributed by atoms with E-state index in [1.807, 2.05) is 0 Å². The highest BCUT2D eigenvalue weighted by molar-refractivity contribution is 7.12. The second kappa shape index (κ2) is 7.14. The fourth-order valence-corrected chi connectivity index (χ4v) is 4.00. The van der Waals surface area contributed by atoms with Crippen molar-refractivity contribution in [3.63, 3.8) is 0 Å². The maximum Gasteiger partial charge on any atom is 0.340 e. The lowest BCUT2D eigenvalue weighted by Crippen LogP contribution is -2.23. The largest absolute Gasteiger partial charge is 0.454 e. The van der Waals surface area contributed by atoms with Crippen LogP contribution in [0.2, 0.25) is 5.02 Å². The molecule has 0 N–H and O–H groups in total. The highest BCUT2D eigenvalue weighted by Crippen LogP contribution is 2.34. The number of Topliss-reactive ketones (excluding diaryl/α,β-unsaturated/α-hetero) is 1. The molecular formula is C21H11ClO5S. The fraction of sp³-hybridized carbons (Fsp3) is 0.0476. The number of hydrogen-bond donors (Lipinski definition) is 0. The van der Waals surface area contributed by atoms with Crippen molar-refractivity contribution in [2.75, 3.05) is 6.61 Å². The topological polar surface area (TPSA) is 77.5 Å². The molecule has 0 saturated carbocycles. The number of carbonyl (C=O) groups excluding carboxylic acids is 4. The minimum Gasteiger partial charge on any atom is -0.454 e. The van der Waals surface area contributed by atoms with Gasteiger partial charge in [0.2, 0.25) is 5.78 Å². The highest BCUT2D eigenvalue weighted by Gasteiger charge is 2.33. The Bertz CT molecular complexity index is 1150. The molecule has 7 heteroatoms. The van der Waals surface area contributed by atoms with Gasteiger partial charge in [-0.25, -0.2) is 4.79 Å². The second-order valence-electron chi connectivity index (χ2n) is 6.03. The molecule has 1 aliphatic carbocycles. The van der Waals surface area contributed by atoms with Gasteiger partial charge >= 0.3 is 5.97 Å². The first kappa shape index (κ1) is 18.3. The molecule has 138 valence electrons. The lowest BCUT2D eigenvalue weighted by Gasteiger charge is -2.19. The van der Waals surface area contributed by atoms with Crippen molar-refractivity contribution in [3.8, 4) is 0 Å². The average molecular weight is 411 g/mol. The van der Waals surface area contributed by atoms with Crippen molar-refractivity contribution >= 4 is 46.3 Å². The van der Waals surface area contributed by atoms with Crippen molar-refractivity contribution in [3.05, 3.63) is 91.6 Å². The molecule has 0 saturated heterocycles. The summed E-state index contributed by atoms with van der Waals surface area (Å²) in [6.07, 6.45) is 0. The lowest BCUT2D eigenvalue weighted by molar-refractivity contribution is 0.0476. The number of ketones is 3. The van der Waals surface area contributed by atoms with Gasteiger partial charge in [0.15, 0.2) is 18.2 Å². The number of hydrogen-bond acceptors (Lipinski definition) is 6. The van der Waals surface area contributed by atoms with E-state index < -0.39 is 18.4 Å². The Morgan fingerprint density at radius 2 is 1.61 bits per heavy atom. The van der Waals surface area contributed by atoms with Gasteiger partial charge in [0.05, 0.1) is 21.0 Å². The Hall–Kier alpha value is -3.09. The van der Waals surface area contributed by atoms with Gasteiger partial charge in [0, 0.05) is 16.7 Å². The van der Waals surface area contributed by atoms with Crippen molar-refractivity contribution in [2.45, 2.75) is 0 Å². The normalized spacial score (nSPS) is 12.3. The first-order chi connectivity index (χ1) is 13.5. The van der Waals surface area contributed by atoms with E-state index in [4.69, 9.17) is 16.3 Å². The zero-order valence-electron chi connectivity index (χ0n) is 14.2. The van der Waals surface area contributed by atoms with E-state index >= 15 is 0 Å². The number of fused-ring (bicyclic) bond motifs is 2. The minimum atomic E-state index is -0.836. The van der Waals surface area contributed by atoms with E-state index in [1.54, 1.807) is 41.8 Å². The first-order valence-electron chi connectivity index (χ1n) is 8.24. The molecule has 1 aromatic heterocycles. The van der Waals surface area contributed by atoms with E-state index in [0.29, 0.717) is 10.4 Å². The molecule has 0 atom stereocenters. The van der Waals surface area contributed by atoms with Gasteiger partial charge in [-0.05, 0) is 23.6 Å². The smallest absolute Gasteiger partial charge is 0.340 e. The minimum absolute atomic E-state index is 0.0237. The van der Waals surface area contributed by atoms with Crippen LogP contribution in [0.15, 0.2) is 53.9 Å². The Kier molecular flexibility index (Phi) is 4.66. The van der Waals surface area contributed by atoms with Crippen LogP contribution >= 0.6 is 22.9 Å². The van der Waals surface area contributed by atoms with Gasteiger partial charge in [-0.1, -0.05) is 41.9 Å². The average Bonchev–Trinajstić information content (AvgIpc) is 3.25. The maximum absolute atomic E-state index is 12.8. The third-order valence-electron chi connectivity index (χ3n) is 4.38. The van der Waals surface area contributed by atoms with Crippen molar-refractivity contribution in [1.29, 1.82) is 0 Å². The molecular weight excluding hydrogens is 400 g/mol. The molecule has 3 aromatic rings. The molecule has 4 rings (SSSR count). The molecule has 0 bridgehead atoms. The molecule has 0 unspecified atom stereocenters. The predicted molar refractivity (Wildman–Crippen MR) is 104 cm³/mol. The number of thiophene rings is 1. The van der Waals surface area contributed by atoms with Crippen LogP contribution in [0.25, 0.3) is 0 Å². The van der Waals surface area contributed by atoms with Crippen LogP contribution in [0.5, 0.6) is 0 Å². The summed E-state index contributed by atoms with van der Waals surface area (Å²) in [4.78, 5) is 50.4.